The molecule has 0 saturated carbocycles. The monoisotopic (exact) mass is 360 g/mol. The molecule has 0 bridgehead atoms. The van der Waals surface area contributed by atoms with E-state index >= 15 is 0 Å². The third kappa shape index (κ3) is 3.55. The maximum absolute atomic E-state index is 13.7. The zero-order valence-electron chi connectivity index (χ0n) is 10.3. The molecule has 0 spiro atoms. The van der Waals surface area contributed by atoms with Crippen LogP contribution in [0.4, 0.5) is 8.78 Å². The molecular weight excluding hydrogens is 350 g/mol. The molecule has 0 aliphatic heterocycles. The molecule has 0 heterocycles. The van der Waals surface area contributed by atoms with Gasteiger partial charge in [0.1, 0.15) is 11.6 Å². The Bertz CT molecular complexity index is 622. The largest absolute Gasteiger partial charge is 0.271 e. The average molecular weight is 362 g/mol. The molecule has 0 radical (unpaired) electrons. The minimum absolute atomic E-state index is 0.255. The summed E-state index contributed by atoms with van der Waals surface area (Å²) in [6, 6.07) is 8.15. The number of rotatable bonds is 4. The van der Waals surface area contributed by atoms with Crippen molar-refractivity contribution in [1.29, 1.82) is 0 Å². The molecule has 2 nitrogen and oxygen atoms in total. The number of nitrogens with two attached hydrogens (primary N) is 1. The predicted octanol–water partition coefficient (Wildman–Crippen LogP) is 4.13. The fourth-order valence-electron chi connectivity index (χ4n) is 1.96. The molecule has 106 valence electrons. The van der Waals surface area contributed by atoms with Gasteiger partial charge in [0.15, 0.2) is 0 Å². The average Bonchev–Trinajstić information content (AvgIpc) is 2.42. The molecular formula is C14H12BrClF2N2. The van der Waals surface area contributed by atoms with Gasteiger partial charge >= 0.3 is 0 Å². The lowest BCUT2D eigenvalue weighted by Gasteiger charge is -2.18. The van der Waals surface area contributed by atoms with Crippen molar-refractivity contribution in [2.24, 2.45) is 5.84 Å². The molecule has 1 unspecified atom stereocenters. The first-order chi connectivity index (χ1) is 9.51. The van der Waals surface area contributed by atoms with E-state index in [1.807, 2.05) is 0 Å². The van der Waals surface area contributed by atoms with Crippen molar-refractivity contribution < 1.29 is 8.78 Å². The maximum Gasteiger partial charge on any atom is 0.126 e. The lowest BCUT2D eigenvalue weighted by atomic mass is 9.99. The molecule has 0 amide bonds. The SMILES string of the molecule is NNC(Cc1cc(Cl)ccc1F)c1cc(F)ccc1Br. The highest BCUT2D eigenvalue weighted by molar-refractivity contribution is 9.10. The molecule has 20 heavy (non-hydrogen) atoms. The summed E-state index contributed by atoms with van der Waals surface area (Å²) in [5.41, 5.74) is 3.61. The molecule has 2 rings (SSSR count). The molecule has 0 fully saturated rings. The van der Waals surface area contributed by atoms with Crippen LogP contribution in [-0.2, 0) is 6.42 Å². The van der Waals surface area contributed by atoms with Gasteiger partial charge < -0.3 is 0 Å². The van der Waals surface area contributed by atoms with E-state index in [4.69, 9.17) is 17.4 Å². The van der Waals surface area contributed by atoms with Gasteiger partial charge in [0, 0.05) is 9.50 Å². The van der Waals surface area contributed by atoms with Crippen LogP contribution in [0, 0.1) is 11.6 Å². The Hall–Kier alpha value is -1.01. The molecule has 0 aliphatic rings. The van der Waals surface area contributed by atoms with Gasteiger partial charge in [-0.25, -0.2) is 8.78 Å². The Morgan fingerprint density at radius 2 is 1.95 bits per heavy atom. The summed E-state index contributed by atoms with van der Waals surface area (Å²) in [6.07, 6.45) is 0.255. The van der Waals surface area contributed by atoms with Gasteiger partial charge in [-0.05, 0) is 53.9 Å². The number of hydrogen-bond acceptors (Lipinski definition) is 2. The van der Waals surface area contributed by atoms with E-state index in [1.165, 1.54) is 30.3 Å². The molecule has 3 N–H and O–H groups in total. The smallest absolute Gasteiger partial charge is 0.126 e. The second-order valence-electron chi connectivity index (χ2n) is 4.32. The summed E-state index contributed by atoms with van der Waals surface area (Å²) in [5.74, 6) is 4.76. The third-order valence-corrected chi connectivity index (χ3v) is 3.92. The van der Waals surface area contributed by atoms with Gasteiger partial charge in [0.25, 0.3) is 0 Å². The number of hydrazine groups is 1. The van der Waals surface area contributed by atoms with Crippen LogP contribution in [0.25, 0.3) is 0 Å². The first kappa shape index (κ1) is 15.4. The molecule has 0 aliphatic carbocycles. The molecule has 1 atom stereocenters. The van der Waals surface area contributed by atoms with Crippen molar-refractivity contribution in [3.05, 3.63) is 68.7 Å². The topological polar surface area (TPSA) is 38.0 Å². The van der Waals surface area contributed by atoms with E-state index in [2.05, 4.69) is 21.4 Å². The van der Waals surface area contributed by atoms with E-state index in [0.717, 1.165) is 0 Å². The van der Waals surface area contributed by atoms with Gasteiger partial charge in [-0.3, -0.25) is 11.3 Å². The van der Waals surface area contributed by atoms with Gasteiger partial charge in [0.05, 0.1) is 6.04 Å². The normalized spacial score (nSPS) is 12.4. The summed E-state index contributed by atoms with van der Waals surface area (Å²) in [7, 11) is 0. The minimum atomic E-state index is -0.437. The van der Waals surface area contributed by atoms with E-state index < -0.39 is 6.04 Å². The van der Waals surface area contributed by atoms with Crippen LogP contribution >= 0.6 is 27.5 Å². The van der Waals surface area contributed by atoms with Crippen LogP contribution in [-0.4, -0.2) is 0 Å². The van der Waals surface area contributed by atoms with E-state index in [1.54, 1.807) is 6.07 Å². The Morgan fingerprint density at radius 3 is 2.65 bits per heavy atom. The highest BCUT2D eigenvalue weighted by atomic mass is 79.9. The van der Waals surface area contributed by atoms with Gasteiger partial charge in [-0.2, -0.15) is 0 Å². The summed E-state index contributed by atoms with van der Waals surface area (Å²) < 4.78 is 27.8. The van der Waals surface area contributed by atoms with Crippen LogP contribution < -0.4 is 11.3 Å². The van der Waals surface area contributed by atoms with Crippen LogP contribution in [0.3, 0.4) is 0 Å². The third-order valence-electron chi connectivity index (χ3n) is 2.97. The van der Waals surface area contributed by atoms with Crippen molar-refractivity contribution in [3.8, 4) is 0 Å². The van der Waals surface area contributed by atoms with Crippen molar-refractivity contribution >= 4 is 27.5 Å². The van der Waals surface area contributed by atoms with Crippen LogP contribution in [0.1, 0.15) is 17.2 Å². The van der Waals surface area contributed by atoms with Crippen molar-refractivity contribution in [1.82, 2.24) is 5.43 Å². The molecule has 6 heteroatoms. The molecule has 2 aromatic rings. The Morgan fingerprint density at radius 1 is 1.20 bits per heavy atom. The van der Waals surface area contributed by atoms with Crippen molar-refractivity contribution in [2.75, 3.05) is 0 Å². The second kappa shape index (κ2) is 6.63. The Kier molecular flexibility index (Phi) is 5.10. The minimum Gasteiger partial charge on any atom is -0.271 e. The number of nitrogens with one attached hydrogen (secondary N) is 1. The van der Waals surface area contributed by atoms with Crippen LogP contribution in [0.5, 0.6) is 0 Å². The highest BCUT2D eigenvalue weighted by Crippen LogP contribution is 2.28. The van der Waals surface area contributed by atoms with Gasteiger partial charge in [-0.1, -0.05) is 27.5 Å². The van der Waals surface area contributed by atoms with Gasteiger partial charge in [-0.15, -0.1) is 0 Å². The predicted molar refractivity (Wildman–Crippen MR) is 79.3 cm³/mol. The number of benzene rings is 2. The lowest BCUT2D eigenvalue weighted by molar-refractivity contribution is 0.523. The molecule has 2 aromatic carbocycles. The van der Waals surface area contributed by atoms with E-state index in [9.17, 15) is 8.78 Å². The van der Waals surface area contributed by atoms with Crippen molar-refractivity contribution in [3.63, 3.8) is 0 Å². The van der Waals surface area contributed by atoms with E-state index in [-0.39, 0.29) is 18.1 Å². The zero-order chi connectivity index (χ0) is 14.7. The number of hydrogen-bond donors (Lipinski definition) is 2. The Labute approximate surface area is 129 Å². The fourth-order valence-corrected chi connectivity index (χ4v) is 2.68. The quantitative estimate of drug-likeness (QED) is 0.635. The fraction of sp³-hybridized carbons (Fsp3) is 0.143. The Balaban J connectivity index is 2.33. The van der Waals surface area contributed by atoms with Crippen molar-refractivity contribution in [2.45, 2.75) is 12.5 Å². The molecule has 0 aromatic heterocycles. The highest BCUT2D eigenvalue weighted by Gasteiger charge is 2.17. The van der Waals surface area contributed by atoms with Gasteiger partial charge in [0.2, 0.25) is 0 Å². The van der Waals surface area contributed by atoms with E-state index in [0.29, 0.717) is 20.6 Å². The summed E-state index contributed by atoms with van der Waals surface area (Å²) in [6.45, 7) is 0. The summed E-state index contributed by atoms with van der Waals surface area (Å²) >= 11 is 9.19. The standard InChI is InChI=1S/C14H12BrClF2N2/c15-12-3-2-10(17)7-11(12)14(20-19)6-8-5-9(16)1-4-13(8)18/h1-5,7,14,20H,6,19H2. The zero-order valence-corrected chi connectivity index (χ0v) is 12.7. The lowest BCUT2D eigenvalue weighted by Crippen LogP contribution is -2.30. The first-order valence-corrected chi connectivity index (χ1v) is 7.03. The summed E-state index contributed by atoms with van der Waals surface area (Å²) in [5, 5.41) is 0.440. The molecule has 0 saturated heterocycles. The van der Waals surface area contributed by atoms with Crippen LogP contribution in [0.15, 0.2) is 40.9 Å². The number of halogens is 4. The maximum atomic E-state index is 13.7. The first-order valence-electron chi connectivity index (χ1n) is 5.86. The van der Waals surface area contributed by atoms with Crippen LogP contribution in [0.2, 0.25) is 5.02 Å². The second-order valence-corrected chi connectivity index (χ2v) is 5.62. The summed E-state index contributed by atoms with van der Waals surface area (Å²) in [4.78, 5) is 0.